The van der Waals surface area contributed by atoms with Crippen LogP contribution in [0.25, 0.3) is 0 Å². The van der Waals surface area contributed by atoms with Gasteiger partial charge in [0.1, 0.15) is 10.9 Å². The normalized spacial score (nSPS) is 10.3. The van der Waals surface area contributed by atoms with Gasteiger partial charge in [0.15, 0.2) is 0 Å². The first-order valence-electron chi connectivity index (χ1n) is 4.90. The highest BCUT2D eigenvalue weighted by molar-refractivity contribution is 9.10. The summed E-state index contributed by atoms with van der Waals surface area (Å²) in [5.74, 6) is 0.454. The standard InChI is InChI=1S/C11H5BrCl2N2O3/c12-8-3-6(13)1-2-9(8)19-11-5-7(16(17)18)4-10(14)15-11/h1-5H. The van der Waals surface area contributed by atoms with E-state index in [0.29, 0.717) is 15.2 Å². The van der Waals surface area contributed by atoms with Crippen molar-refractivity contribution in [2.45, 2.75) is 0 Å². The van der Waals surface area contributed by atoms with E-state index in [0.717, 1.165) is 6.07 Å². The predicted octanol–water partition coefficient (Wildman–Crippen LogP) is 4.85. The number of hydrogen-bond acceptors (Lipinski definition) is 4. The molecule has 0 aliphatic rings. The summed E-state index contributed by atoms with van der Waals surface area (Å²) >= 11 is 14.8. The number of halogens is 3. The maximum atomic E-state index is 10.7. The van der Waals surface area contributed by atoms with Crippen molar-refractivity contribution in [1.29, 1.82) is 0 Å². The number of ether oxygens (including phenoxy) is 1. The van der Waals surface area contributed by atoms with Crippen molar-refractivity contribution in [3.8, 4) is 11.6 Å². The van der Waals surface area contributed by atoms with Crippen LogP contribution >= 0.6 is 39.1 Å². The lowest BCUT2D eigenvalue weighted by atomic mass is 10.3. The number of pyridine rings is 1. The fourth-order valence-corrected chi connectivity index (χ4v) is 2.25. The number of hydrogen-bond donors (Lipinski definition) is 0. The van der Waals surface area contributed by atoms with E-state index in [9.17, 15) is 10.1 Å². The first-order chi connectivity index (χ1) is 8.95. The Hall–Kier alpha value is -1.37. The van der Waals surface area contributed by atoms with Crippen molar-refractivity contribution < 1.29 is 9.66 Å². The molecule has 1 heterocycles. The van der Waals surface area contributed by atoms with Gasteiger partial charge in [0.2, 0.25) is 5.88 Å². The zero-order valence-corrected chi connectivity index (χ0v) is 12.2. The summed E-state index contributed by atoms with van der Waals surface area (Å²) in [6.45, 7) is 0. The SMILES string of the molecule is O=[N+]([O-])c1cc(Cl)nc(Oc2ccc(Cl)cc2Br)c1. The third kappa shape index (κ3) is 3.56. The van der Waals surface area contributed by atoms with Crippen LogP contribution in [0.5, 0.6) is 11.6 Å². The zero-order chi connectivity index (χ0) is 14.0. The van der Waals surface area contributed by atoms with Gasteiger partial charge >= 0.3 is 0 Å². The number of nitrogens with zero attached hydrogens (tertiary/aromatic N) is 2. The summed E-state index contributed by atoms with van der Waals surface area (Å²) in [4.78, 5) is 14.0. The average molecular weight is 364 g/mol. The molecule has 0 saturated carbocycles. The molecule has 0 fully saturated rings. The van der Waals surface area contributed by atoms with Gasteiger partial charge in [-0.05, 0) is 34.1 Å². The maximum absolute atomic E-state index is 10.7. The molecule has 0 atom stereocenters. The van der Waals surface area contributed by atoms with Crippen LogP contribution in [0.1, 0.15) is 0 Å². The van der Waals surface area contributed by atoms with Gasteiger partial charge < -0.3 is 4.74 Å². The molecule has 0 bridgehead atoms. The molecule has 8 heteroatoms. The van der Waals surface area contributed by atoms with E-state index in [2.05, 4.69) is 20.9 Å². The van der Waals surface area contributed by atoms with E-state index in [4.69, 9.17) is 27.9 Å². The van der Waals surface area contributed by atoms with E-state index in [1.165, 1.54) is 6.07 Å². The fourth-order valence-electron chi connectivity index (χ4n) is 1.29. The van der Waals surface area contributed by atoms with Crippen LogP contribution in [0, 0.1) is 10.1 Å². The highest BCUT2D eigenvalue weighted by Gasteiger charge is 2.12. The minimum absolute atomic E-state index is 0.0192. The van der Waals surface area contributed by atoms with E-state index >= 15 is 0 Å². The Morgan fingerprint density at radius 1 is 1.26 bits per heavy atom. The smallest absolute Gasteiger partial charge is 0.277 e. The average Bonchev–Trinajstić information content (AvgIpc) is 2.32. The first kappa shape index (κ1) is 14.0. The topological polar surface area (TPSA) is 65.3 Å². The maximum Gasteiger partial charge on any atom is 0.277 e. The molecule has 2 aromatic rings. The van der Waals surface area contributed by atoms with Crippen molar-refractivity contribution in [1.82, 2.24) is 4.98 Å². The molecule has 1 aromatic heterocycles. The molecular formula is C11H5BrCl2N2O3. The minimum atomic E-state index is -0.572. The third-order valence-electron chi connectivity index (χ3n) is 2.07. The van der Waals surface area contributed by atoms with Crippen LogP contribution in [0.2, 0.25) is 10.2 Å². The van der Waals surface area contributed by atoms with Crippen LogP contribution < -0.4 is 4.74 Å². The fraction of sp³-hybridized carbons (Fsp3) is 0. The first-order valence-corrected chi connectivity index (χ1v) is 6.45. The van der Waals surface area contributed by atoms with Gasteiger partial charge in [-0.3, -0.25) is 10.1 Å². The summed E-state index contributed by atoms with van der Waals surface area (Å²) in [6, 6.07) is 7.20. The van der Waals surface area contributed by atoms with Gasteiger partial charge in [-0.15, -0.1) is 0 Å². The number of nitro groups is 1. The Labute approximate surface area is 126 Å². The lowest BCUT2D eigenvalue weighted by Gasteiger charge is -2.07. The van der Waals surface area contributed by atoms with Crippen molar-refractivity contribution in [2.24, 2.45) is 0 Å². The van der Waals surface area contributed by atoms with Crippen molar-refractivity contribution in [3.63, 3.8) is 0 Å². The summed E-state index contributed by atoms with van der Waals surface area (Å²) in [5, 5.41) is 11.2. The van der Waals surface area contributed by atoms with Crippen LogP contribution in [-0.4, -0.2) is 9.91 Å². The van der Waals surface area contributed by atoms with Crippen LogP contribution in [-0.2, 0) is 0 Å². The Balaban J connectivity index is 2.35. The van der Waals surface area contributed by atoms with Crippen molar-refractivity contribution in [3.05, 3.63) is 55.1 Å². The minimum Gasteiger partial charge on any atom is -0.438 e. The summed E-state index contributed by atoms with van der Waals surface area (Å²) < 4.78 is 6.03. The molecule has 98 valence electrons. The molecule has 0 N–H and O–H groups in total. The number of rotatable bonds is 3. The number of benzene rings is 1. The van der Waals surface area contributed by atoms with E-state index in [-0.39, 0.29) is 16.7 Å². The Morgan fingerprint density at radius 3 is 2.63 bits per heavy atom. The Kier molecular flexibility index (Phi) is 4.24. The van der Waals surface area contributed by atoms with E-state index in [1.807, 2.05) is 0 Å². The van der Waals surface area contributed by atoms with Crippen molar-refractivity contribution >= 4 is 44.8 Å². The molecule has 0 saturated heterocycles. The summed E-state index contributed by atoms with van der Waals surface area (Å²) in [6.07, 6.45) is 0. The molecule has 2 rings (SSSR count). The molecule has 0 aliphatic heterocycles. The van der Waals surface area contributed by atoms with Gasteiger partial charge in [-0.2, -0.15) is 0 Å². The number of aromatic nitrogens is 1. The largest absolute Gasteiger partial charge is 0.438 e. The molecular weight excluding hydrogens is 359 g/mol. The van der Waals surface area contributed by atoms with E-state index in [1.54, 1.807) is 18.2 Å². The molecule has 0 radical (unpaired) electrons. The highest BCUT2D eigenvalue weighted by Crippen LogP contribution is 2.32. The van der Waals surface area contributed by atoms with E-state index < -0.39 is 4.92 Å². The van der Waals surface area contributed by atoms with Gasteiger partial charge in [-0.1, -0.05) is 23.2 Å². The second-order valence-corrected chi connectivity index (χ2v) is 5.10. The highest BCUT2D eigenvalue weighted by atomic mass is 79.9. The Morgan fingerprint density at radius 2 is 2.00 bits per heavy atom. The van der Waals surface area contributed by atoms with Crippen LogP contribution in [0.3, 0.4) is 0 Å². The Bertz CT molecular complexity index is 652. The predicted molar refractivity (Wildman–Crippen MR) is 75.1 cm³/mol. The molecule has 0 spiro atoms. The van der Waals surface area contributed by atoms with Gasteiger partial charge in [0, 0.05) is 5.02 Å². The second-order valence-electron chi connectivity index (χ2n) is 3.42. The van der Waals surface area contributed by atoms with Crippen LogP contribution in [0.15, 0.2) is 34.8 Å². The van der Waals surface area contributed by atoms with Crippen LogP contribution in [0.4, 0.5) is 5.69 Å². The lowest BCUT2D eigenvalue weighted by Crippen LogP contribution is -1.93. The molecule has 1 aromatic carbocycles. The molecule has 0 unspecified atom stereocenters. The van der Waals surface area contributed by atoms with Gasteiger partial charge in [-0.25, -0.2) is 4.98 Å². The molecule has 0 amide bonds. The lowest BCUT2D eigenvalue weighted by molar-refractivity contribution is -0.385. The zero-order valence-electron chi connectivity index (χ0n) is 9.14. The van der Waals surface area contributed by atoms with Gasteiger partial charge in [0.25, 0.3) is 5.69 Å². The summed E-state index contributed by atoms with van der Waals surface area (Å²) in [7, 11) is 0. The molecule has 5 nitrogen and oxygen atoms in total. The summed E-state index contributed by atoms with van der Waals surface area (Å²) in [5.41, 5.74) is -0.194. The second kappa shape index (κ2) is 5.73. The van der Waals surface area contributed by atoms with Crippen molar-refractivity contribution in [2.75, 3.05) is 0 Å². The van der Waals surface area contributed by atoms with Gasteiger partial charge in [0.05, 0.1) is 21.5 Å². The third-order valence-corrected chi connectivity index (χ3v) is 3.12. The monoisotopic (exact) mass is 362 g/mol. The molecule has 0 aliphatic carbocycles. The quantitative estimate of drug-likeness (QED) is 0.444. The molecule has 19 heavy (non-hydrogen) atoms.